The lowest BCUT2D eigenvalue weighted by Gasteiger charge is -2.01. The molecule has 12 heavy (non-hydrogen) atoms. The van der Waals surface area contributed by atoms with E-state index in [0.717, 1.165) is 5.57 Å². The zero-order valence-corrected chi connectivity index (χ0v) is 7.51. The van der Waals surface area contributed by atoms with E-state index in [2.05, 4.69) is 4.74 Å². The van der Waals surface area contributed by atoms with Crippen LogP contribution in [0.15, 0.2) is 11.1 Å². The van der Waals surface area contributed by atoms with Gasteiger partial charge in [0.25, 0.3) is 0 Å². The molecule has 1 unspecified atom stereocenters. The number of carbonyl (C=O) groups excluding carboxylic acids is 2. The second-order valence-electron chi connectivity index (χ2n) is 3.08. The standard InChI is InChI=1S/C9H12O3/c1-5-4-7(10)8(6(5)2)9(11)12-3/h5H,4H2,1-3H3. The first-order valence-corrected chi connectivity index (χ1v) is 3.90. The predicted molar refractivity (Wildman–Crippen MR) is 43.5 cm³/mol. The summed E-state index contributed by atoms with van der Waals surface area (Å²) in [5.41, 5.74) is 1.11. The summed E-state index contributed by atoms with van der Waals surface area (Å²) in [7, 11) is 1.29. The summed E-state index contributed by atoms with van der Waals surface area (Å²) in [6, 6.07) is 0. The molecule has 0 N–H and O–H groups in total. The van der Waals surface area contributed by atoms with Gasteiger partial charge in [0.2, 0.25) is 0 Å². The zero-order chi connectivity index (χ0) is 9.30. The molecule has 0 aromatic rings. The second-order valence-corrected chi connectivity index (χ2v) is 3.08. The van der Waals surface area contributed by atoms with Gasteiger partial charge in [-0.2, -0.15) is 0 Å². The molecule has 0 heterocycles. The largest absolute Gasteiger partial charge is 0.465 e. The minimum atomic E-state index is -0.498. The van der Waals surface area contributed by atoms with Gasteiger partial charge in [0.15, 0.2) is 5.78 Å². The highest BCUT2D eigenvalue weighted by Crippen LogP contribution is 2.28. The Kier molecular flexibility index (Phi) is 2.31. The molecule has 1 atom stereocenters. The van der Waals surface area contributed by atoms with E-state index in [9.17, 15) is 9.59 Å². The fourth-order valence-electron chi connectivity index (χ4n) is 1.38. The Labute approximate surface area is 71.4 Å². The minimum absolute atomic E-state index is 0.0909. The van der Waals surface area contributed by atoms with Crippen molar-refractivity contribution >= 4 is 11.8 Å². The van der Waals surface area contributed by atoms with Crippen LogP contribution in [-0.4, -0.2) is 18.9 Å². The monoisotopic (exact) mass is 168 g/mol. The first-order valence-electron chi connectivity index (χ1n) is 3.90. The van der Waals surface area contributed by atoms with Crippen LogP contribution in [0.5, 0.6) is 0 Å². The van der Waals surface area contributed by atoms with Gasteiger partial charge in [-0.1, -0.05) is 12.5 Å². The van der Waals surface area contributed by atoms with Crippen LogP contribution in [0.4, 0.5) is 0 Å². The summed E-state index contributed by atoms with van der Waals surface area (Å²) >= 11 is 0. The van der Waals surface area contributed by atoms with Gasteiger partial charge in [0, 0.05) is 6.42 Å². The quantitative estimate of drug-likeness (QED) is 0.434. The summed E-state index contributed by atoms with van der Waals surface area (Å²) in [6.45, 7) is 3.74. The van der Waals surface area contributed by atoms with E-state index in [0.29, 0.717) is 6.42 Å². The maximum Gasteiger partial charge on any atom is 0.341 e. The highest BCUT2D eigenvalue weighted by atomic mass is 16.5. The summed E-state index contributed by atoms with van der Waals surface area (Å²) in [4.78, 5) is 22.3. The van der Waals surface area contributed by atoms with Crippen LogP contribution in [0.25, 0.3) is 0 Å². The average molecular weight is 168 g/mol. The van der Waals surface area contributed by atoms with E-state index in [-0.39, 0.29) is 17.3 Å². The van der Waals surface area contributed by atoms with Crippen molar-refractivity contribution in [2.75, 3.05) is 7.11 Å². The molecule has 0 aromatic heterocycles. The zero-order valence-electron chi connectivity index (χ0n) is 7.51. The third-order valence-electron chi connectivity index (χ3n) is 2.29. The number of allylic oxidation sites excluding steroid dienone is 1. The van der Waals surface area contributed by atoms with E-state index in [1.807, 2.05) is 13.8 Å². The Morgan fingerprint density at radius 3 is 2.50 bits per heavy atom. The molecule has 0 spiro atoms. The maximum absolute atomic E-state index is 11.2. The Bertz CT molecular complexity index is 263. The molecule has 66 valence electrons. The Morgan fingerprint density at radius 1 is 1.58 bits per heavy atom. The fraction of sp³-hybridized carbons (Fsp3) is 0.556. The second kappa shape index (κ2) is 3.09. The van der Waals surface area contributed by atoms with E-state index in [4.69, 9.17) is 0 Å². The molecule has 3 nitrogen and oxygen atoms in total. The van der Waals surface area contributed by atoms with Crippen molar-refractivity contribution in [2.24, 2.45) is 5.92 Å². The number of carbonyl (C=O) groups is 2. The molecule has 0 saturated heterocycles. The van der Waals surface area contributed by atoms with Gasteiger partial charge in [-0.3, -0.25) is 4.79 Å². The van der Waals surface area contributed by atoms with Gasteiger partial charge < -0.3 is 4.74 Å². The smallest absolute Gasteiger partial charge is 0.341 e. The average Bonchev–Trinajstić information content (AvgIpc) is 2.26. The molecule has 1 aliphatic carbocycles. The van der Waals surface area contributed by atoms with E-state index < -0.39 is 5.97 Å². The number of methoxy groups -OCH3 is 1. The van der Waals surface area contributed by atoms with Gasteiger partial charge in [-0.15, -0.1) is 0 Å². The molecule has 1 rings (SSSR count). The number of hydrogen-bond acceptors (Lipinski definition) is 3. The van der Waals surface area contributed by atoms with Crippen LogP contribution >= 0.6 is 0 Å². The van der Waals surface area contributed by atoms with E-state index in [1.54, 1.807) is 0 Å². The lowest BCUT2D eigenvalue weighted by atomic mass is 10.1. The Balaban J connectivity index is 3.00. The van der Waals surface area contributed by atoms with Crippen molar-refractivity contribution in [2.45, 2.75) is 20.3 Å². The van der Waals surface area contributed by atoms with Crippen LogP contribution in [0.1, 0.15) is 20.3 Å². The normalized spacial score (nSPS) is 23.2. The van der Waals surface area contributed by atoms with Gasteiger partial charge in [0.05, 0.1) is 7.11 Å². The van der Waals surface area contributed by atoms with Gasteiger partial charge in [0.1, 0.15) is 5.57 Å². The highest BCUT2D eigenvalue weighted by molar-refractivity contribution is 6.19. The predicted octanol–water partition coefficient (Wildman–Crippen LogP) is 1.08. The number of esters is 1. The van der Waals surface area contributed by atoms with Gasteiger partial charge in [-0.05, 0) is 12.8 Å². The molecule has 0 amide bonds. The van der Waals surface area contributed by atoms with E-state index >= 15 is 0 Å². The third kappa shape index (κ3) is 1.26. The molecule has 0 aliphatic heterocycles. The van der Waals surface area contributed by atoms with Crippen molar-refractivity contribution < 1.29 is 14.3 Å². The molecular weight excluding hydrogens is 156 g/mol. The first-order chi connectivity index (χ1) is 5.57. The van der Waals surface area contributed by atoms with Crippen molar-refractivity contribution in [3.63, 3.8) is 0 Å². The molecule has 3 heteroatoms. The van der Waals surface area contributed by atoms with Crippen molar-refractivity contribution in [3.05, 3.63) is 11.1 Å². The van der Waals surface area contributed by atoms with Crippen LogP contribution < -0.4 is 0 Å². The molecule has 0 aromatic carbocycles. The van der Waals surface area contributed by atoms with Crippen molar-refractivity contribution in [1.82, 2.24) is 0 Å². The first kappa shape index (κ1) is 8.97. The highest BCUT2D eigenvalue weighted by Gasteiger charge is 2.31. The minimum Gasteiger partial charge on any atom is -0.465 e. The number of ketones is 1. The third-order valence-corrected chi connectivity index (χ3v) is 2.29. The van der Waals surface area contributed by atoms with Crippen LogP contribution in [0, 0.1) is 5.92 Å². The summed E-state index contributed by atoms with van der Waals surface area (Å²) in [5, 5.41) is 0. The lowest BCUT2D eigenvalue weighted by Crippen LogP contribution is -2.10. The number of ether oxygens (including phenoxy) is 1. The number of hydrogen-bond donors (Lipinski definition) is 0. The Morgan fingerprint density at radius 2 is 2.17 bits per heavy atom. The van der Waals surface area contributed by atoms with Gasteiger partial charge in [-0.25, -0.2) is 4.79 Å². The number of rotatable bonds is 1. The molecule has 0 saturated carbocycles. The molecule has 0 radical (unpaired) electrons. The van der Waals surface area contributed by atoms with E-state index in [1.165, 1.54) is 7.11 Å². The topological polar surface area (TPSA) is 43.4 Å². The summed E-state index contributed by atoms with van der Waals surface area (Å²) in [5.74, 6) is -0.403. The summed E-state index contributed by atoms with van der Waals surface area (Å²) in [6.07, 6.45) is 0.441. The molecule has 1 aliphatic rings. The SMILES string of the molecule is COC(=O)C1=C(C)C(C)CC1=O. The van der Waals surface area contributed by atoms with Crippen LogP contribution in [-0.2, 0) is 14.3 Å². The molecule has 0 bridgehead atoms. The fourth-order valence-corrected chi connectivity index (χ4v) is 1.38. The molecule has 0 fully saturated rings. The van der Waals surface area contributed by atoms with Crippen LogP contribution in [0.3, 0.4) is 0 Å². The molecular formula is C9H12O3. The number of Topliss-reactive ketones (excluding diaryl/α,β-unsaturated/α-hetero) is 1. The van der Waals surface area contributed by atoms with Gasteiger partial charge >= 0.3 is 5.97 Å². The summed E-state index contributed by atoms with van der Waals surface area (Å²) < 4.78 is 4.51. The maximum atomic E-state index is 11.2. The lowest BCUT2D eigenvalue weighted by molar-refractivity contribution is -0.137. The van der Waals surface area contributed by atoms with Crippen molar-refractivity contribution in [3.8, 4) is 0 Å². The van der Waals surface area contributed by atoms with Crippen molar-refractivity contribution in [1.29, 1.82) is 0 Å². The van der Waals surface area contributed by atoms with Crippen LogP contribution in [0.2, 0.25) is 0 Å². The Hall–Kier alpha value is -1.12.